The lowest BCUT2D eigenvalue weighted by Crippen LogP contribution is -2.28. The van der Waals surface area contributed by atoms with Gasteiger partial charge >= 0.3 is 5.97 Å². The Morgan fingerprint density at radius 2 is 1.90 bits per heavy atom. The molecule has 0 unspecified atom stereocenters. The molecule has 1 aromatic heterocycles. The highest BCUT2D eigenvalue weighted by Gasteiger charge is 2.23. The Balaban J connectivity index is 1.59. The molecule has 1 aromatic carbocycles. The van der Waals surface area contributed by atoms with Crippen LogP contribution in [0.5, 0.6) is 5.88 Å². The average molecular weight is 417 g/mol. The maximum absolute atomic E-state index is 12.7. The van der Waals surface area contributed by atoms with Gasteiger partial charge in [0.2, 0.25) is 5.88 Å². The van der Waals surface area contributed by atoms with Gasteiger partial charge in [0.1, 0.15) is 11.7 Å². The minimum atomic E-state index is -0.960. The molecule has 6 nitrogen and oxygen atoms in total. The van der Waals surface area contributed by atoms with E-state index in [-0.39, 0.29) is 17.6 Å². The third-order valence-corrected chi connectivity index (χ3v) is 5.41. The molecule has 154 valence electrons. The Morgan fingerprint density at radius 1 is 1.21 bits per heavy atom. The molecule has 0 radical (unpaired) electrons. The van der Waals surface area contributed by atoms with Gasteiger partial charge in [-0.2, -0.15) is 0 Å². The van der Waals surface area contributed by atoms with Crippen LogP contribution in [0, 0.1) is 5.92 Å². The van der Waals surface area contributed by atoms with Gasteiger partial charge in [-0.05, 0) is 61.8 Å². The van der Waals surface area contributed by atoms with Crippen LogP contribution in [-0.4, -0.2) is 34.6 Å². The Kier molecular flexibility index (Phi) is 7.09. The first-order chi connectivity index (χ1) is 13.9. The first-order valence-corrected chi connectivity index (χ1v) is 10.2. The van der Waals surface area contributed by atoms with Crippen molar-refractivity contribution in [3.8, 4) is 5.88 Å². The maximum Gasteiger partial charge on any atom is 0.335 e. The van der Waals surface area contributed by atoms with Crippen LogP contribution < -0.4 is 10.1 Å². The fraction of sp³-hybridized carbons (Fsp3) is 0.409. The van der Waals surface area contributed by atoms with Crippen LogP contribution in [0.1, 0.15) is 58.9 Å². The molecule has 0 bridgehead atoms. The van der Waals surface area contributed by atoms with E-state index < -0.39 is 5.97 Å². The second-order valence-corrected chi connectivity index (χ2v) is 7.95. The zero-order valence-electron chi connectivity index (χ0n) is 16.4. The van der Waals surface area contributed by atoms with E-state index in [4.69, 9.17) is 21.4 Å². The number of nitrogens with one attached hydrogen (secondary N) is 1. The SMILES string of the molecule is CC1CCC(Oc2ncc(Cl)cc2C(=O)NCCc2ccc(C(=O)O)cc2)CC1. The molecule has 2 N–H and O–H groups in total. The number of carboxylic acid groups (broad SMARTS) is 1. The molecule has 2 aromatic rings. The van der Waals surface area contributed by atoms with Crippen molar-refractivity contribution in [2.75, 3.05) is 6.54 Å². The van der Waals surface area contributed by atoms with Gasteiger partial charge in [-0.25, -0.2) is 9.78 Å². The van der Waals surface area contributed by atoms with Crippen molar-refractivity contribution < 1.29 is 19.4 Å². The van der Waals surface area contributed by atoms with Gasteiger partial charge < -0.3 is 15.2 Å². The maximum atomic E-state index is 12.7. The molecule has 1 amide bonds. The fourth-order valence-electron chi connectivity index (χ4n) is 3.42. The number of ether oxygens (including phenoxy) is 1. The quantitative estimate of drug-likeness (QED) is 0.699. The Hall–Kier alpha value is -2.60. The van der Waals surface area contributed by atoms with Gasteiger partial charge in [-0.1, -0.05) is 30.7 Å². The Morgan fingerprint density at radius 3 is 2.55 bits per heavy atom. The number of hydrogen-bond donors (Lipinski definition) is 2. The number of halogens is 1. The zero-order valence-corrected chi connectivity index (χ0v) is 17.1. The number of amides is 1. The van der Waals surface area contributed by atoms with E-state index in [0.717, 1.165) is 31.2 Å². The summed E-state index contributed by atoms with van der Waals surface area (Å²) in [5.41, 5.74) is 1.51. The van der Waals surface area contributed by atoms with E-state index in [1.54, 1.807) is 30.3 Å². The van der Waals surface area contributed by atoms with Crippen LogP contribution in [0.15, 0.2) is 36.5 Å². The van der Waals surface area contributed by atoms with E-state index in [1.165, 1.54) is 6.20 Å². The number of benzene rings is 1. The topological polar surface area (TPSA) is 88.5 Å². The number of carboxylic acids is 1. The summed E-state index contributed by atoms with van der Waals surface area (Å²) < 4.78 is 6.02. The molecule has 1 aliphatic carbocycles. The van der Waals surface area contributed by atoms with E-state index in [0.29, 0.717) is 35.3 Å². The van der Waals surface area contributed by atoms with E-state index >= 15 is 0 Å². The summed E-state index contributed by atoms with van der Waals surface area (Å²) in [6, 6.07) is 8.17. The second kappa shape index (κ2) is 9.74. The molecule has 1 fully saturated rings. The Labute approximate surface area is 175 Å². The largest absolute Gasteiger partial charge is 0.478 e. The number of pyridine rings is 1. The fourth-order valence-corrected chi connectivity index (χ4v) is 3.58. The van der Waals surface area contributed by atoms with Crippen molar-refractivity contribution in [1.82, 2.24) is 10.3 Å². The number of carbonyl (C=O) groups excluding carboxylic acids is 1. The van der Waals surface area contributed by atoms with Gasteiger partial charge in [0.25, 0.3) is 5.91 Å². The summed E-state index contributed by atoms with van der Waals surface area (Å²) in [6.07, 6.45) is 6.28. The summed E-state index contributed by atoms with van der Waals surface area (Å²) in [4.78, 5) is 27.8. The van der Waals surface area contributed by atoms with Crippen LogP contribution in [-0.2, 0) is 6.42 Å². The van der Waals surface area contributed by atoms with E-state index in [1.807, 2.05) is 0 Å². The van der Waals surface area contributed by atoms with Gasteiger partial charge in [-0.15, -0.1) is 0 Å². The molecule has 1 heterocycles. The lowest BCUT2D eigenvalue weighted by atomic mass is 9.89. The van der Waals surface area contributed by atoms with Crippen LogP contribution >= 0.6 is 11.6 Å². The molecule has 1 saturated carbocycles. The zero-order chi connectivity index (χ0) is 20.8. The van der Waals surface area contributed by atoms with E-state index in [9.17, 15) is 9.59 Å². The predicted octanol–water partition coefficient (Wildman–Crippen LogP) is 4.36. The molecule has 7 heteroatoms. The summed E-state index contributed by atoms with van der Waals surface area (Å²) in [6.45, 7) is 2.64. The van der Waals surface area contributed by atoms with Crippen molar-refractivity contribution in [3.63, 3.8) is 0 Å². The number of hydrogen-bond acceptors (Lipinski definition) is 4. The highest BCUT2D eigenvalue weighted by Crippen LogP contribution is 2.28. The van der Waals surface area contributed by atoms with Gasteiger partial charge in [0.05, 0.1) is 10.6 Å². The normalized spacial score (nSPS) is 18.8. The van der Waals surface area contributed by atoms with Crippen molar-refractivity contribution in [2.45, 2.75) is 45.1 Å². The summed E-state index contributed by atoms with van der Waals surface area (Å²) in [5.74, 6) is -0.225. The highest BCUT2D eigenvalue weighted by molar-refractivity contribution is 6.30. The standard InChI is InChI=1S/C22H25ClN2O4/c1-14-2-8-18(9-3-14)29-21-19(12-17(23)13-25-21)20(26)24-11-10-15-4-6-16(7-5-15)22(27)28/h4-7,12-14,18H,2-3,8-11H2,1H3,(H,24,26)(H,27,28). The minimum Gasteiger partial charge on any atom is -0.478 e. The average Bonchev–Trinajstić information content (AvgIpc) is 2.71. The number of aromatic nitrogens is 1. The third-order valence-electron chi connectivity index (χ3n) is 5.20. The van der Waals surface area contributed by atoms with Gasteiger partial charge in [-0.3, -0.25) is 4.79 Å². The van der Waals surface area contributed by atoms with Crippen LogP contribution in [0.2, 0.25) is 5.02 Å². The van der Waals surface area contributed by atoms with Crippen molar-refractivity contribution in [3.05, 3.63) is 58.2 Å². The lowest BCUT2D eigenvalue weighted by Gasteiger charge is -2.27. The molecular weight excluding hydrogens is 392 g/mol. The predicted molar refractivity (Wildman–Crippen MR) is 111 cm³/mol. The summed E-state index contributed by atoms with van der Waals surface area (Å²) >= 11 is 6.05. The molecule has 0 saturated heterocycles. The first-order valence-electron chi connectivity index (χ1n) is 9.85. The molecule has 0 aliphatic heterocycles. The van der Waals surface area contributed by atoms with E-state index in [2.05, 4.69) is 17.2 Å². The third kappa shape index (κ3) is 5.94. The van der Waals surface area contributed by atoms with Crippen molar-refractivity contribution >= 4 is 23.5 Å². The van der Waals surface area contributed by atoms with Crippen LogP contribution in [0.25, 0.3) is 0 Å². The first kappa shape index (κ1) is 21.1. The van der Waals surface area contributed by atoms with Crippen LogP contribution in [0.3, 0.4) is 0 Å². The van der Waals surface area contributed by atoms with Gasteiger partial charge in [0, 0.05) is 12.7 Å². The molecular formula is C22H25ClN2O4. The smallest absolute Gasteiger partial charge is 0.335 e. The number of aromatic carboxylic acids is 1. The molecule has 1 aliphatic rings. The molecule has 0 spiro atoms. The summed E-state index contributed by atoms with van der Waals surface area (Å²) in [5, 5.41) is 12.2. The summed E-state index contributed by atoms with van der Waals surface area (Å²) in [7, 11) is 0. The minimum absolute atomic E-state index is 0.0687. The lowest BCUT2D eigenvalue weighted by molar-refractivity contribution is 0.0696. The van der Waals surface area contributed by atoms with Crippen molar-refractivity contribution in [1.29, 1.82) is 0 Å². The molecule has 0 atom stereocenters. The highest BCUT2D eigenvalue weighted by atomic mass is 35.5. The van der Waals surface area contributed by atoms with Crippen molar-refractivity contribution in [2.24, 2.45) is 5.92 Å². The Bertz CT molecular complexity index is 862. The monoisotopic (exact) mass is 416 g/mol. The van der Waals surface area contributed by atoms with Gasteiger partial charge in [0.15, 0.2) is 0 Å². The number of nitrogens with zero attached hydrogens (tertiary/aromatic N) is 1. The van der Waals surface area contributed by atoms with Crippen LogP contribution in [0.4, 0.5) is 0 Å². The molecule has 3 rings (SSSR count). The number of rotatable bonds is 7. The number of carbonyl (C=O) groups is 2. The second-order valence-electron chi connectivity index (χ2n) is 7.51. The molecule has 29 heavy (non-hydrogen) atoms.